The van der Waals surface area contributed by atoms with Gasteiger partial charge < -0.3 is 10.2 Å². The van der Waals surface area contributed by atoms with Crippen molar-refractivity contribution in [1.29, 1.82) is 0 Å². The van der Waals surface area contributed by atoms with Gasteiger partial charge in [0.25, 0.3) is 5.97 Å². The van der Waals surface area contributed by atoms with Gasteiger partial charge in [0.2, 0.25) is 0 Å². The molecular weight excluding hydrogens is 136 g/mol. The van der Waals surface area contributed by atoms with Gasteiger partial charge in [-0.25, -0.2) is 0 Å². The van der Waals surface area contributed by atoms with Gasteiger partial charge in [-0.05, 0) is 0 Å². The van der Waals surface area contributed by atoms with E-state index < -0.39 is 5.97 Å². The van der Waals surface area contributed by atoms with Crippen molar-refractivity contribution < 1.29 is 32.4 Å². The number of carboxylic acid groups (broad SMARTS) is 1. The van der Waals surface area contributed by atoms with Crippen molar-refractivity contribution in [3.63, 3.8) is 0 Å². The molecule has 0 aromatic carbocycles. The summed E-state index contributed by atoms with van der Waals surface area (Å²) >= 11 is 0. The average Bonchev–Trinajstić information content (AvgIpc) is 1.41. The van der Waals surface area contributed by atoms with Crippen molar-refractivity contribution in [2.75, 3.05) is 7.11 Å². The van der Waals surface area contributed by atoms with Crippen LogP contribution in [0.5, 0.6) is 0 Å². The smallest absolute Gasteiger partial charge is 0.300 e. The van der Waals surface area contributed by atoms with Crippen molar-refractivity contribution in [2.45, 2.75) is 6.92 Å². The average molecular weight is 144 g/mol. The standard InChI is InChI=1S/C2H4O2.CH4O.Cr/c1-2(3)4;1-2;/h1H3,(H,3,4);2H,1H3;. The molecule has 0 amide bonds. The number of aliphatic hydroxyl groups excluding tert-OH is 1. The Hall–Kier alpha value is -0.0375. The Morgan fingerprint density at radius 1 is 1.43 bits per heavy atom. The van der Waals surface area contributed by atoms with Crippen LogP contribution in [0.2, 0.25) is 0 Å². The largest absolute Gasteiger partial charge is 0.481 e. The van der Waals surface area contributed by atoms with Gasteiger partial charge >= 0.3 is 0 Å². The fourth-order valence-corrected chi connectivity index (χ4v) is 0. The maximum atomic E-state index is 9.00. The number of carboxylic acids is 1. The summed E-state index contributed by atoms with van der Waals surface area (Å²) in [7, 11) is 1.00. The summed E-state index contributed by atoms with van der Waals surface area (Å²) < 4.78 is 0. The minimum absolute atomic E-state index is 0. The van der Waals surface area contributed by atoms with Crippen molar-refractivity contribution in [2.24, 2.45) is 0 Å². The molecular formula is C3H8CrO3. The molecule has 0 rings (SSSR count). The van der Waals surface area contributed by atoms with Gasteiger partial charge in [-0.2, -0.15) is 0 Å². The van der Waals surface area contributed by atoms with E-state index in [9.17, 15) is 0 Å². The van der Waals surface area contributed by atoms with Crippen LogP contribution in [-0.2, 0) is 22.2 Å². The van der Waals surface area contributed by atoms with Gasteiger partial charge in [0.15, 0.2) is 0 Å². The zero-order valence-electron chi connectivity index (χ0n) is 4.21. The number of aliphatic carboxylic acids is 1. The molecule has 0 bridgehead atoms. The molecule has 7 heavy (non-hydrogen) atoms. The van der Waals surface area contributed by atoms with Gasteiger partial charge in [0.05, 0.1) is 0 Å². The fourth-order valence-electron chi connectivity index (χ4n) is 0. The Balaban J connectivity index is -0.0000000480. The molecule has 4 heteroatoms. The monoisotopic (exact) mass is 144 g/mol. The van der Waals surface area contributed by atoms with Crippen LogP contribution in [0.15, 0.2) is 0 Å². The first kappa shape index (κ1) is 15.8. The SMILES string of the molecule is CC(=O)O.CO.[Cr]. The number of hydrogen-bond donors (Lipinski definition) is 2. The Morgan fingerprint density at radius 2 is 1.43 bits per heavy atom. The zero-order chi connectivity index (χ0) is 5.58. The molecule has 44 valence electrons. The second-order valence-electron chi connectivity index (χ2n) is 0.519. The first-order valence-electron chi connectivity index (χ1n) is 1.37. The molecule has 0 radical (unpaired) electrons. The third-order valence-electron chi connectivity index (χ3n) is 0. The van der Waals surface area contributed by atoms with E-state index in [1.807, 2.05) is 0 Å². The summed E-state index contributed by atoms with van der Waals surface area (Å²) in [6.45, 7) is 1.08. The van der Waals surface area contributed by atoms with E-state index in [2.05, 4.69) is 0 Å². The summed E-state index contributed by atoms with van der Waals surface area (Å²) in [5.41, 5.74) is 0. The third-order valence-corrected chi connectivity index (χ3v) is 0. The molecule has 0 saturated carbocycles. The van der Waals surface area contributed by atoms with Crippen molar-refractivity contribution in [1.82, 2.24) is 0 Å². The third kappa shape index (κ3) is 66500. The molecule has 0 heterocycles. The molecule has 0 aliphatic carbocycles. The number of rotatable bonds is 0. The van der Waals surface area contributed by atoms with Crippen LogP contribution >= 0.6 is 0 Å². The van der Waals surface area contributed by atoms with Gasteiger partial charge in [0, 0.05) is 31.4 Å². The van der Waals surface area contributed by atoms with Crippen LogP contribution in [0, 0.1) is 0 Å². The fraction of sp³-hybridized carbons (Fsp3) is 0.667. The molecule has 0 aliphatic heterocycles. The maximum Gasteiger partial charge on any atom is 0.300 e. The van der Waals surface area contributed by atoms with Crippen molar-refractivity contribution in [3.8, 4) is 0 Å². The Bertz CT molecular complexity index is 33.2. The summed E-state index contributed by atoms with van der Waals surface area (Å²) in [5.74, 6) is -0.833. The zero-order valence-corrected chi connectivity index (χ0v) is 5.49. The predicted octanol–water partition coefficient (Wildman–Crippen LogP) is -0.303. The van der Waals surface area contributed by atoms with E-state index in [1.165, 1.54) is 0 Å². The topological polar surface area (TPSA) is 57.5 Å². The quantitative estimate of drug-likeness (QED) is 0.490. The Morgan fingerprint density at radius 3 is 1.43 bits per heavy atom. The van der Waals surface area contributed by atoms with E-state index >= 15 is 0 Å². The van der Waals surface area contributed by atoms with E-state index in [1.54, 1.807) is 0 Å². The van der Waals surface area contributed by atoms with Crippen LogP contribution in [0.4, 0.5) is 0 Å². The molecule has 0 spiro atoms. The molecule has 0 aromatic rings. The van der Waals surface area contributed by atoms with Crippen LogP contribution in [-0.4, -0.2) is 23.3 Å². The van der Waals surface area contributed by atoms with Gasteiger partial charge in [-0.3, -0.25) is 4.79 Å². The van der Waals surface area contributed by atoms with Crippen molar-refractivity contribution >= 4 is 5.97 Å². The number of aliphatic hydroxyl groups is 1. The van der Waals surface area contributed by atoms with Crippen LogP contribution in [0.25, 0.3) is 0 Å². The molecule has 0 saturated heterocycles. The molecule has 0 unspecified atom stereocenters. The minimum Gasteiger partial charge on any atom is -0.481 e. The van der Waals surface area contributed by atoms with Gasteiger partial charge in [-0.15, -0.1) is 0 Å². The van der Waals surface area contributed by atoms with Gasteiger partial charge in [-0.1, -0.05) is 0 Å². The number of hydrogen-bond acceptors (Lipinski definition) is 2. The van der Waals surface area contributed by atoms with Gasteiger partial charge in [0.1, 0.15) is 0 Å². The summed E-state index contributed by atoms with van der Waals surface area (Å²) in [5, 5.41) is 14.4. The second kappa shape index (κ2) is 16.7. The predicted molar refractivity (Wildman–Crippen MR) is 21.5 cm³/mol. The van der Waals surface area contributed by atoms with Crippen LogP contribution < -0.4 is 0 Å². The van der Waals surface area contributed by atoms with E-state index in [4.69, 9.17) is 15.0 Å². The Labute approximate surface area is 53.1 Å². The molecule has 0 aliphatic rings. The van der Waals surface area contributed by atoms with Crippen LogP contribution in [0.3, 0.4) is 0 Å². The summed E-state index contributed by atoms with van der Waals surface area (Å²) in [6.07, 6.45) is 0. The first-order valence-corrected chi connectivity index (χ1v) is 1.37. The van der Waals surface area contributed by atoms with Crippen LogP contribution in [0.1, 0.15) is 6.92 Å². The number of carbonyl (C=O) groups is 1. The second-order valence-corrected chi connectivity index (χ2v) is 0.519. The minimum atomic E-state index is -0.833. The molecule has 0 fully saturated rings. The Kier molecular flexibility index (Phi) is 37.7. The van der Waals surface area contributed by atoms with E-state index in [-0.39, 0.29) is 17.4 Å². The maximum absolute atomic E-state index is 9.00. The summed E-state index contributed by atoms with van der Waals surface area (Å²) in [4.78, 5) is 9.00. The molecule has 2 N–H and O–H groups in total. The molecule has 3 nitrogen and oxygen atoms in total. The normalized spacial score (nSPS) is 4.43. The first-order chi connectivity index (χ1) is 2.73. The molecule has 0 atom stereocenters. The van der Waals surface area contributed by atoms with E-state index in [0.29, 0.717) is 0 Å². The summed E-state index contributed by atoms with van der Waals surface area (Å²) in [6, 6.07) is 0. The van der Waals surface area contributed by atoms with Crippen molar-refractivity contribution in [3.05, 3.63) is 0 Å². The molecule has 0 aromatic heterocycles. The van der Waals surface area contributed by atoms with E-state index in [0.717, 1.165) is 14.0 Å².